The topological polar surface area (TPSA) is 82.5 Å². The Hall–Kier alpha value is -3.27. The highest BCUT2D eigenvalue weighted by Gasteiger charge is 2.35. The molecule has 0 bridgehead atoms. The summed E-state index contributed by atoms with van der Waals surface area (Å²) in [5, 5.41) is 10.5. The molecule has 0 aliphatic carbocycles. The molecular formula is C22H21F4N3O3. The summed E-state index contributed by atoms with van der Waals surface area (Å²) < 4.78 is 56.9. The lowest BCUT2D eigenvalue weighted by Gasteiger charge is -2.32. The summed E-state index contributed by atoms with van der Waals surface area (Å²) in [6.07, 6.45) is -4.58. The highest BCUT2D eigenvalue weighted by atomic mass is 19.4. The van der Waals surface area contributed by atoms with Crippen molar-refractivity contribution in [1.29, 1.82) is 5.41 Å². The number of carbonyl (C=O) groups is 2. The number of amides is 1. The van der Waals surface area contributed by atoms with Gasteiger partial charge in [0.2, 0.25) is 5.91 Å². The first-order valence-electron chi connectivity index (χ1n) is 9.73. The van der Waals surface area contributed by atoms with Gasteiger partial charge in [-0.1, -0.05) is 12.1 Å². The fourth-order valence-electron chi connectivity index (χ4n) is 3.52. The lowest BCUT2D eigenvalue weighted by Crippen LogP contribution is -2.45. The van der Waals surface area contributed by atoms with E-state index in [1.54, 1.807) is 18.2 Å². The van der Waals surface area contributed by atoms with Crippen LogP contribution in [0.3, 0.4) is 0 Å². The third-order valence-electron chi connectivity index (χ3n) is 5.17. The van der Waals surface area contributed by atoms with Crippen molar-refractivity contribution in [3.8, 4) is 0 Å². The summed E-state index contributed by atoms with van der Waals surface area (Å²) in [6.45, 7) is 1.11. The largest absolute Gasteiger partial charge is 0.465 e. The molecule has 2 N–H and O–H groups in total. The molecule has 6 nitrogen and oxygen atoms in total. The van der Waals surface area contributed by atoms with Crippen LogP contribution in [-0.2, 0) is 22.3 Å². The number of nitrogens with zero attached hydrogens (tertiary/aromatic N) is 1. The van der Waals surface area contributed by atoms with Crippen molar-refractivity contribution in [2.45, 2.75) is 19.1 Å². The third-order valence-corrected chi connectivity index (χ3v) is 5.17. The van der Waals surface area contributed by atoms with Crippen LogP contribution in [0.1, 0.15) is 27.9 Å². The Labute approximate surface area is 181 Å². The van der Waals surface area contributed by atoms with Gasteiger partial charge >= 0.3 is 12.1 Å². The molecule has 1 saturated heterocycles. The number of likely N-dealkylation sites (tertiary alicyclic amines) is 1. The molecule has 0 aromatic heterocycles. The second kappa shape index (κ2) is 9.47. The number of carbonyl (C=O) groups excluding carboxylic acids is 2. The average Bonchev–Trinajstić information content (AvgIpc) is 2.75. The Bertz CT molecular complexity index is 1040. The number of piperidine rings is 1. The summed E-state index contributed by atoms with van der Waals surface area (Å²) in [4.78, 5) is 26.3. The Morgan fingerprint density at radius 2 is 1.97 bits per heavy atom. The molecule has 1 atom stereocenters. The standard InChI is InChI=1S/C22H21F4N3O3/c1-32-21(31)14-4-2-3-13(9-14)11-29-8-7-19(27)16(12-29)20(30)28-15-5-6-18(23)17(10-15)22(24,25)26/h2-6,9-10,16,27H,7-8,11-12H2,1H3,(H,28,30). The van der Waals surface area contributed by atoms with E-state index in [0.29, 0.717) is 37.2 Å². The number of esters is 1. The zero-order chi connectivity index (χ0) is 23.5. The molecule has 10 heteroatoms. The van der Waals surface area contributed by atoms with Crippen molar-refractivity contribution < 1.29 is 31.9 Å². The number of nitrogens with one attached hydrogen (secondary N) is 2. The predicted octanol–water partition coefficient (Wildman–Crippen LogP) is 4.11. The van der Waals surface area contributed by atoms with Crippen molar-refractivity contribution in [3.05, 3.63) is 65.0 Å². The van der Waals surface area contributed by atoms with Gasteiger partial charge in [-0.3, -0.25) is 9.69 Å². The van der Waals surface area contributed by atoms with Crippen LogP contribution in [0.15, 0.2) is 42.5 Å². The molecular weight excluding hydrogens is 430 g/mol. The van der Waals surface area contributed by atoms with Crippen molar-refractivity contribution in [1.82, 2.24) is 4.90 Å². The smallest absolute Gasteiger partial charge is 0.419 e. The Morgan fingerprint density at radius 1 is 1.22 bits per heavy atom. The van der Waals surface area contributed by atoms with Crippen molar-refractivity contribution in [2.75, 3.05) is 25.5 Å². The molecule has 1 fully saturated rings. The quantitative estimate of drug-likeness (QED) is 0.530. The van der Waals surface area contributed by atoms with Gasteiger partial charge in [-0.05, 0) is 42.3 Å². The van der Waals surface area contributed by atoms with Crippen molar-refractivity contribution in [3.63, 3.8) is 0 Å². The summed E-state index contributed by atoms with van der Waals surface area (Å²) in [6, 6.07) is 9.06. The number of ether oxygens (including phenoxy) is 1. The lowest BCUT2D eigenvalue weighted by molar-refractivity contribution is -0.140. The van der Waals surface area contributed by atoms with Crippen LogP contribution in [0, 0.1) is 17.1 Å². The summed E-state index contributed by atoms with van der Waals surface area (Å²) in [5.41, 5.74) is -0.296. The minimum absolute atomic E-state index is 0.167. The second-order valence-corrected chi connectivity index (χ2v) is 7.44. The normalized spacial score (nSPS) is 17.2. The third kappa shape index (κ3) is 5.50. The number of rotatable bonds is 5. The first-order chi connectivity index (χ1) is 15.1. The SMILES string of the molecule is COC(=O)c1cccc(CN2CCC(=N)C(C(=O)Nc3ccc(F)c(C(F)(F)F)c3)C2)c1. The number of halogens is 4. The van der Waals surface area contributed by atoms with E-state index in [0.717, 1.165) is 11.6 Å². The maximum atomic E-state index is 13.5. The van der Waals surface area contributed by atoms with E-state index < -0.39 is 35.4 Å². The number of anilines is 1. The average molecular weight is 451 g/mol. The number of methoxy groups -OCH3 is 1. The molecule has 2 aromatic carbocycles. The van der Waals surface area contributed by atoms with Gasteiger partial charge < -0.3 is 15.5 Å². The highest BCUT2D eigenvalue weighted by molar-refractivity contribution is 6.08. The first kappa shape index (κ1) is 23.4. The molecule has 1 aliphatic rings. The molecule has 170 valence electrons. The fraction of sp³-hybridized carbons (Fsp3) is 0.318. The lowest BCUT2D eigenvalue weighted by atomic mass is 9.94. The van der Waals surface area contributed by atoms with E-state index in [-0.39, 0.29) is 17.9 Å². The first-order valence-corrected chi connectivity index (χ1v) is 9.73. The zero-order valence-corrected chi connectivity index (χ0v) is 17.1. The maximum Gasteiger partial charge on any atom is 0.419 e. The summed E-state index contributed by atoms with van der Waals surface area (Å²) >= 11 is 0. The monoisotopic (exact) mass is 451 g/mol. The molecule has 2 aromatic rings. The highest BCUT2D eigenvalue weighted by Crippen LogP contribution is 2.33. The summed E-state index contributed by atoms with van der Waals surface area (Å²) in [7, 11) is 1.28. The van der Waals surface area contributed by atoms with Gasteiger partial charge in [0, 0.05) is 31.0 Å². The second-order valence-electron chi connectivity index (χ2n) is 7.44. The molecule has 0 radical (unpaired) electrons. The molecule has 1 heterocycles. The van der Waals surface area contributed by atoms with Gasteiger partial charge in [0.15, 0.2) is 0 Å². The van der Waals surface area contributed by atoms with Gasteiger partial charge in [-0.2, -0.15) is 13.2 Å². The Kier molecular flexibility index (Phi) is 6.93. The maximum absolute atomic E-state index is 13.5. The van der Waals surface area contributed by atoms with Gasteiger partial charge in [-0.25, -0.2) is 9.18 Å². The van der Waals surface area contributed by atoms with Crippen LogP contribution in [0.25, 0.3) is 0 Å². The number of hydrogen-bond acceptors (Lipinski definition) is 5. The molecule has 0 saturated carbocycles. The molecule has 1 unspecified atom stereocenters. The minimum atomic E-state index is -4.89. The zero-order valence-electron chi connectivity index (χ0n) is 17.1. The van der Waals surface area contributed by atoms with E-state index in [1.807, 2.05) is 11.0 Å². The van der Waals surface area contributed by atoms with Crippen LogP contribution in [0.4, 0.5) is 23.2 Å². The van der Waals surface area contributed by atoms with Crippen LogP contribution in [0.2, 0.25) is 0 Å². The summed E-state index contributed by atoms with van der Waals surface area (Å²) in [5.74, 6) is -3.40. The van der Waals surface area contributed by atoms with E-state index in [2.05, 4.69) is 5.32 Å². The number of hydrogen-bond donors (Lipinski definition) is 2. The minimum Gasteiger partial charge on any atom is -0.465 e. The van der Waals surface area contributed by atoms with Crippen LogP contribution in [0.5, 0.6) is 0 Å². The molecule has 32 heavy (non-hydrogen) atoms. The Morgan fingerprint density at radius 3 is 2.66 bits per heavy atom. The van der Waals surface area contributed by atoms with E-state index in [9.17, 15) is 27.2 Å². The number of alkyl halides is 3. The Balaban J connectivity index is 1.70. The van der Waals surface area contributed by atoms with Gasteiger partial charge in [0.1, 0.15) is 5.82 Å². The van der Waals surface area contributed by atoms with E-state index in [1.165, 1.54) is 7.11 Å². The fourth-order valence-corrected chi connectivity index (χ4v) is 3.52. The molecule has 1 aliphatic heterocycles. The number of benzene rings is 2. The molecule has 1 amide bonds. The van der Waals surface area contributed by atoms with Crippen molar-refractivity contribution in [2.24, 2.45) is 5.92 Å². The molecule has 0 spiro atoms. The van der Waals surface area contributed by atoms with Crippen LogP contribution < -0.4 is 5.32 Å². The van der Waals surface area contributed by atoms with Gasteiger partial charge in [0.25, 0.3) is 0 Å². The molecule has 3 rings (SSSR count). The van der Waals surface area contributed by atoms with E-state index >= 15 is 0 Å². The van der Waals surface area contributed by atoms with Gasteiger partial charge in [0.05, 0.1) is 24.2 Å². The van der Waals surface area contributed by atoms with E-state index in [4.69, 9.17) is 10.1 Å². The van der Waals surface area contributed by atoms with Crippen LogP contribution >= 0.6 is 0 Å². The predicted molar refractivity (Wildman–Crippen MR) is 109 cm³/mol. The van der Waals surface area contributed by atoms with Crippen molar-refractivity contribution >= 4 is 23.3 Å². The van der Waals surface area contributed by atoms with Gasteiger partial charge in [-0.15, -0.1) is 0 Å². The van der Waals surface area contributed by atoms with Crippen LogP contribution in [-0.4, -0.2) is 42.7 Å².